The van der Waals surface area contributed by atoms with Gasteiger partial charge in [-0.15, -0.1) is 0 Å². The lowest BCUT2D eigenvalue weighted by Gasteiger charge is -2.27. The van der Waals surface area contributed by atoms with Crippen LogP contribution in [0.4, 0.5) is 0 Å². The first-order valence-electron chi connectivity index (χ1n) is 6.48. The van der Waals surface area contributed by atoms with Crippen LogP contribution in [0.3, 0.4) is 0 Å². The van der Waals surface area contributed by atoms with Crippen LogP contribution >= 0.6 is 0 Å². The Morgan fingerprint density at radius 2 is 2.05 bits per heavy atom. The largest absolute Gasteiger partial charge is 0.496 e. The lowest BCUT2D eigenvalue weighted by atomic mass is 9.94. The Bertz CT molecular complexity index is 573. The molecular weight excluding hydrogens is 254 g/mol. The summed E-state index contributed by atoms with van der Waals surface area (Å²) in [6.07, 6.45) is 3.61. The third kappa shape index (κ3) is 3.41. The Labute approximate surface area is 118 Å². The molecule has 4 nitrogen and oxygen atoms in total. The molecule has 0 aliphatic rings. The number of ether oxygens (including phenoxy) is 1. The second-order valence-corrected chi connectivity index (χ2v) is 5.34. The fourth-order valence-electron chi connectivity index (χ4n) is 2.14. The third-order valence-electron chi connectivity index (χ3n) is 3.06. The van der Waals surface area contributed by atoms with Gasteiger partial charge >= 0.3 is 0 Å². The van der Waals surface area contributed by atoms with Gasteiger partial charge < -0.3 is 14.5 Å². The fourth-order valence-corrected chi connectivity index (χ4v) is 2.14. The number of furan rings is 1. The quantitative estimate of drug-likeness (QED) is 0.911. The summed E-state index contributed by atoms with van der Waals surface area (Å²) in [5.74, 6) is 0.691. The Morgan fingerprint density at radius 3 is 2.70 bits per heavy atom. The first-order chi connectivity index (χ1) is 9.52. The third-order valence-corrected chi connectivity index (χ3v) is 3.06. The van der Waals surface area contributed by atoms with Crippen LogP contribution in [-0.4, -0.2) is 18.6 Å². The molecule has 0 aliphatic heterocycles. The highest BCUT2D eigenvalue weighted by Crippen LogP contribution is 2.22. The maximum Gasteiger partial charge on any atom is 0.254 e. The lowest BCUT2D eigenvalue weighted by molar-refractivity contribution is 0.0912. The summed E-state index contributed by atoms with van der Waals surface area (Å²) in [6.45, 7) is 3.97. The van der Waals surface area contributed by atoms with Gasteiger partial charge in [-0.2, -0.15) is 0 Å². The summed E-state index contributed by atoms with van der Waals surface area (Å²) in [6, 6.07) is 9.47. The van der Waals surface area contributed by atoms with Gasteiger partial charge in [0.15, 0.2) is 0 Å². The lowest BCUT2D eigenvalue weighted by Crippen LogP contribution is -2.45. The molecular formula is C16H19NO3. The van der Waals surface area contributed by atoms with E-state index in [-0.39, 0.29) is 11.4 Å². The van der Waals surface area contributed by atoms with Crippen LogP contribution in [0, 0.1) is 0 Å². The van der Waals surface area contributed by atoms with Gasteiger partial charge in [0.05, 0.1) is 18.9 Å². The van der Waals surface area contributed by atoms with Crippen molar-refractivity contribution >= 4 is 5.91 Å². The number of benzene rings is 1. The molecule has 4 heteroatoms. The number of para-hydroxylation sites is 1. The Hall–Kier alpha value is -2.23. The first-order valence-corrected chi connectivity index (χ1v) is 6.48. The number of amides is 1. The monoisotopic (exact) mass is 273 g/mol. The summed E-state index contributed by atoms with van der Waals surface area (Å²) in [4.78, 5) is 12.1. The van der Waals surface area contributed by atoms with Crippen LogP contribution in [-0.2, 0) is 6.42 Å². The summed E-state index contributed by atoms with van der Waals surface area (Å²) < 4.78 is 10.3. The van der Waals surface area contributed by atoms with Crippen molar-refractivity contribution < 1.29 is 13.9 Å². The molecule has 0 atom stereocenters. The van der Waals surface area contributed by atoms with Crippen LogP contribution in [0.2, 0.25) is 0 Å². The number of nitrogens with one attached hydrogen (secondary N) is 1. The number of methoxy groups -OCH3 is 1. The van der Waals surface area contributed by atoms with Gasteiger partial charge in [0.2, 0.25) is 0 Å². The van der Waals surface area contributed by atoms with E-state index in [9.17, 15) is 4.79 Å². The van der Waals surface area contributed by atoms with Crippen molar-refractivity contribution in [2.75, 3.05) is 7.11 Å². The van der Waals surface area contributed by atoms with E-state index >= 15 is 0 Å². The molecule has 1 amide bonds. The van der Waals surface area contributed by atoms with E-state index in [1.54, 1.807) is 13.2 Å². The topological polar surface area (TPSA) is 51.5 Å². The second kappa shape index (κ2) is 5.82. The summed E-state index contributed by atoms with van der Waals surface area (Å²) >= 11 is 0. The molecule has 2 aromatic rings. The molecule has 0 bridgehead atoms. The number of hydrogen-bond acceptors (Lipinski definition) is 3. The second-order valence-electron chi connectivity index (χ2n) is 5.34. The Kier molecular flexibility index (Phi) is 4.13. The predicted molar refractivity (Wildman–Crippen MR) is 77.0 cm³/mol. The van der Waals surface area contributed by atoms with E-state index < -0.39 is 0 Å². The molecule has 0 saturated carbocycles. The highest BCUT2D eigenvalue weighted by atomic mass is 16.5. The number of hydrogen-bond donors (Lipinski definition) is 1. The average molecular weight is 273 g/mol. The van der Waals surface area contributed by atoms with Crippen LogP contribution in [0.1, 0.15) is 29.8 Å². The molecule has 106 valence electrons. The summed E-state index contributed by atoms with van der Waals surface area (Å²) in [5, 5.41) is 3.00. The van der Waals surface area contributed by atoms with Crippen LogP contribution < -0.4 is 10.1 Å². The molecule has 0 saturated heterocycles. The van der Waals surface area contributed by atoms with E-state index in [2.05, 4.69) is 5.32 Å². The average Bonchev–Trinajstić information content (AvgIpc) is 2.92. The minimum atomic E-state index is -0.386. The van der Waals surface area contributed by atoms with Crippen molar-refractivity contribution in [3.05, 3.63) is 54.0 Å². The maximum absolute atomic E-state index is 12.1. The van der Waals surface area contributed by atoms with E-state index in [0.29, 0.717) is 12.0 Å². The van der Waals surface area contributed by atoms with E-state index in [0.717, 1.165) is 11.3 Å². The van der Waals surface area contributed by atoms with E-state index in [1.807, 2.05) is 38.1 Å². The van der Waals surface area contributed by atoms with E-state index in [1.165, 1.54) is 12.5 Å². The molecule has 1 aromatic heterocycles. The number of rotatable bonds is 5. The van der Waals surface area contributed by atoms with Gasteiger partial charge in [0.1, 0.15) is 12.0 Å². The van der Waals surface area contributed by atoms with Gasteiger partial charge in [-0.3, -0.25) is 4.79 Å². The molecule has 0 spiro atoms. The van der Waals surface area contributed by atoms with Crippen molar-refractivity contribution in [1.82, 2.24) is 5.32 Å². The molecule has 2 rings (SSSR count). The van der Waals surface area contributed by atoms with Crippen molar-refractivity contribution in [2.24, 2.45) is 0 Å². The maximum atomic E-state index is 12.1. The zero-order chi connectivity index (χ0) is 14.6. The number of carbonyl (C=O) groups is 1. The fraction of sp³-hybridized carbons (Fsp3) is 0.312. The van der Waals surface area contributed by atoms with E-state index in [4.69, 9.17) is 9.15 Å². The molecule has 0 radical (unpaired) electrons. The zero-order valence-electron chi connectivity index (χ0n) is 12.0. The van der Waals surface area contributed by atoms with Crippen molar-refractivity contribution in [3.63, 3.8) is 0 Å². The van der Waals surface area contributed by atoms with Crippen molar-refractivity contribution in [2.45, 2.75) is 25.8 Å². The SMILES string of the molecule is COc1ccccc1CC(C)(C)NC(=O)c1ccoc1. The predicted octanol–water partition coefficient (Wildman–Crippen LogP) is 3.04. The van der Waals surface area contributed by atoms with Gasteiger partial charge in [0, 0.05) is 5.54 Å². The van der Waals surface area contributed by atoms with Crippen molar-refractivity contribution in [3.8, 4) is 5.75 Å². The molecule has 1 heterocycles. The molecule has 0 fully saturated rings. The summed E-state index contributed by atoms with van der Waals surface area (Å²) in [7, 11) is 1.65. The highest BCUT2D eigenvalue weighted by Gasteiger charge is 2.23. The molecule has 1 aromatic carbocycles. The number of carbonyl (C=O) groups excluding carboxylic acids is 1. The highest BCUT2D eigenvalue weighted by molar-refractivity contribution is 5.94. The van der Waals surface area contributed by atoms with Gasteiger partial charge in [-0.05, 0) is 38.0 Å². The molecule has 20 heavy (non-hydrogen) atoms. The van der Waals surface area contributed by atoms with Crippen LogP contribution in [0.15, 0.2) is 47.3 Å². The summed E-state index contributed by atoms with van der Waals surface area (Å²) in [5.41, 5.74) is 1.20. The Morgan fingerprint density at radius 1 is 1.30 bits per heavy atom. The minimum Gasteiger partial charge on any atom is -0.496 e. The van der Waals surface area contributed by atoms with Crippen LogP contribution in [0.5, 0.6) is 5.75 Å². The first kappa shape index (κ1) is 14.2. The zero-order valence-corrected chi connectivity index (χ0v) is 12.0. The van der Waals surface area contributed by atoms with Gasteiger partial charge in [-0.25, -0.2) is 0 Å². The standard InChI is InChI=1S/C16H19NO3/c1-16(2,17-15(18)13-8-9-20-11-13)10-12-6-4-5-7-14(12)19-3/h4-9,11H,10H2,1-3H3,(H,17,18). The van der Waals surface area contributed by atoms with Gasteiger partial charge in [-0.1, -0.05) is 18.2 Å². The minimum absolute atomic E-state index is 0.140. The molecule has 1 N–H and O–H groups in total. The molecule has 0 unspecified atom stereocenters. The smallest absolute Gasteiger partial charge is 0.254 e. The van der Waals surface area contributed by atoms with Crippen LogP contribution in [0.25, 0.3) is 0 Å². The normalized spacial score (nSPS) is 11.2. The Balaban J connectivity index is 2.09. The molecule has 0 aliphatic carbocycles. The van der Waals surface area contributed by atoms with Gasteiger partial charge in [0.25, 0.3) is 5.91 Å². The van der Waals surface area contributed by atoms with Crippen molar-refractivity contribution in [1.29, 1.82) is 0 Å².